The first-order valence-electron chi connectivity index (χ1n) is 7.22. The van der Waals surface area contributed by atoms with Crippen LogP contribution in [0.4, 0.5) is 14.5 Å². The summed E-state index contributed by atoms with van der Waals surface area (Å²) >= 11 is 0. The molecule has 0 aliphatic carbocycles. The molecule has 24 heavy (non-hydrogen) atoms. The Morgan fingerprint density at radius 3 is 2.38 bits per heavy atom. The molecule has 0 saturated carbocycles. The maximum atomic E-state index is 14.4. The van der Waals surface area contributed by atoms with Gasteiger partial charge in [0.2, 0.25) is 5.91 Å². The Kier molecular flexibility index (Phi) is 3.71. The van der Waals surface area contributed by atoms with E-state index in [1.165, 1.54) is 26.1 Å². The summed E-state index contributed by atoms with van der Waals surface area (Å²) < 4.78 is 53.2. The van der Waals surface area contributed by atoms with Crippen molar-refractivity contribution < 1.29 is 22.0 Å². The van der Waals surface area contributed by atoms with Crippen LogP contribution in [-0.2, 0) is 20.0 Å². The Morgan fingerprint density at radius 1 is 1.12 bits per heavy atom. The fraction of sp³-hybridized carbons (Fsp3) is 0.235. The van der Waals surface area contributed by atoms with Crippen molar-refractivity contribution >= 4 is 21.4 Å². The van der Waals surface area contributed by atoms with E-state index in [0.29, 0.717) is 6.07 Å². The highest BCUT2D eigenvalue weighted by Gasteiger charge is 2.51. The molecule has 1 amide bonds. The van der Waals surface area contributed by atoms with E-state index in [9.17, 15) is 22.0 Å². The van der Waals surface area contributed by atoms with Gasteiger partial charge in [-0.2, -0.15) is 0 Å². The first kappa shape index (κ1) is 16.6. The summed E-state index contributed by atoms with van der Waals surface area (Å²) in [6, 6.07) is 9.36. The number of carbonyl (C=O) groups excluding carboxylic acids is 1. The number of hydrogen-bond acceptors (Lipinski definition) is 3. The fourth-order valence-corrected chi connectivity index (χ4v) is 4.95. The molecule has 1 atom stereocenters. The second-order valence-corrected chi connectivity index (χ2v) is 8.04. The first-order valence-corrected chi connectivity index (χ1v) is 8.87. The smallest absolute Gasteiger partial charge is 0.238 e. The Morgan fingerprint density at radius 2 is 1.75 bits per heavy atom. The van der Waals surface area contributed by atoms with Crippen LogP contribution in [0, 0.1) is 11.6 Å². The summed E-state index contributed by atoms with van der Waals surface area (Å²) in [6.07, 6.45) is 0. The van der Waals surface area contributed by atoms with Crippen LogP contribution in [0.25, 0.3) is 0 Å². The van der Waals surface area contributed by atoms with Gasteiger partial charge in [-0.3, -0.25) is 4.79 Å². The number of hydrogen-bond donors (Lipinski definition) is 0. The minimum Gasteiger partial charge on any atom is -0.314 e. The minimum absolute atomic E-state index is 0.0534. The van der Waals surface area contributed by atoms with E-state index in [-0.39, 0.29) is 16.1 Å². The quantitative estimate of drug-likeness (QED) is 0.854. The number of anilines is 1. The van der Waals surface area contributed by atoms with Crippen LogP contribution >= 0.6 is 0 Å². The Hall–Kier alpha value is -2.28. The number of nitrogens with zero attached hydrogens (tertiary/aromatic N) is 1. The van der Waals surface area contributed by atoms with Crippen molar-refractivity contribution in [3.05, 3.63) is 59.7 Å². The Balaban J connectivity index is 2.14. The topological polar surface area (TPSA) is 54.5 Å². The number of rotatable bonds is 3. The monoisotopic (exact) mass is 351 g/mol. The van der Waals surface area contributed by atoms with Crippen LogP contribution in [-0.4, -0.2) is 27.1 Å². The second kappa shape index (κ2) is 5.37. The number of halogens is 2. The lowest BCUT2D eigenvalue weighted by Gasteiger charge is -2.23. The lowest BCUT2D eigenvalue weighted by Crippen LogP contribution is -2.41. The molecule has 0 aromatic heterocycles. The summed E-state index contributed by atoms with van der Waals surface area (Å²) in [5.41, 5.74) is -1.64. The lowest BCUT2D eigenvalue weighted by atomic mass is 9.85. The van der Waals surface area contributed by atoms with Gasteiger partial charge in [0, 0.05) is 18.7 Å². The highest BCUT2D eigenvalue weighted by Crippen LogP contribution is 2.44. The largest absolute Gasteiger partial charge is 0.314 e. The summed E-state index contributed by atoms with van der Waals surface area (Å²) in [5, 5.41) is 0. The molecule has 0 spiro atoms. The van der Waals surface area contributed by atoms with Crippen LogP contribution in [0.1, 0.15) is 12.5 Å². The van der Waals surface area contributed by atoms with E-state index in [1.54, 1.807) is 18.2 Å². The van der Waals surface area contributed by atoms with Crippen LogP contribution < -0.4 is 4.90 Å². The van der Waals surface area contributed by atoms with E-state index in [2.05, 4.69) is 0 Å². The second-order valence-electron chi connectivity index (χ2n) is 6.05. The van der Waals surface area contributed by atoms with Crippen molar-refractivity contribution in [3.8, 4) is 0 Å². The molecule has 1 aliphatic rings. The zero-order chi connectivity index (χ0) is 17.7. The molecule has 0 radical (unpaired) electrons. The molecule has 1 heterocycles. The lowest BCUT2D eigenvalue weighted by molar-refractivity contribution is -0.121. The molecule has 0 bridgehead atoms. The van der Waals surface area contributed by atoms with Crippen LogP contribution in [0.3, 0.4) is 0 Å². The van der Waals surface area contributed by atoms with E-state index in [4.69, 9.17) is 0 Å². The molecular formula is C17H15F2NO3S. The normalized spacial score (nSPS) is 20.3. The van der Waals surface area contributed by atoms with Gasteiger partial charge in [0.1, 0.15) is 11.6 Å². The first-order chi connectivity index (χ1) is 11.2. The van der Waals surface area contributed by atoms with Gasteiger partial charge in [-0.05, 0) is 25.1 Å². The zero-order valence-corrected chi connectivity index (χ0v) is 13.9. The van der Waals surface area contributed by atoms with E-state index < -0.39 is 38.5 Å². The number of fused-ring (bicyclic) bond motifs is 1. The van der Waals surface area contributed by atoms with Crippen LogP contribution in [0.15, 0.2) is 47.4 Å². The van der Waals surface area contributed by atoms with Gasteiger partial charge >= 0.3 is 0 Å². The van der Waals surface area contributed by atoms with Crippen molar-refractivity contribution in [1.29, 1.82) is 0 Å². The zero-order valence-electron chi connectivity index (χ0n) is 13.1. The van der Waals surface area contributed by atoms with E-state index in [1.807, 2.05) is 0 Å². The van der Waals surface area contributed by atoms with Gasteiger partial charge in [-0.25, -0.2) is 17.2 Å². The highest BCUT2D eigenvalue weighted by molar-refractivity contribution is 7.91. The number of sulfone groups is 1. The van der Waals surface area contributed by atoms with Crippen molar-refractivity contribution in [2.45, 2.75) is 17.2 Å². The van der Waals surface area contributed by atoms with E-state index >= 15 is 0 Å². The van der Waals surface area contributed by atoms with Crippen molar-refractivity contribution in [2.75, 3.05) is 17.7 Å². The van der Waals surface area contributed by atoms with Crippen molar-refractivity contribution in [1.82, 2.24) is 0 Å². The molecule has 0 saturated heterocycles. The van der Waals surface area contributed by atoms with Crippen molar-refractivity contribution in [3.63, 3.8) is 0 Å². The Labute approximate surface area is 138 Å². The number of carbonyl (C=O) groups is 1. The fourth-order valence-electron chi connectivity index (χ4n) is 3.18. The molecule has 1 aliphatic heterocycles. The molecular weight excluding hydrogens is 336 g/mol. The predicted octanol–water partition coefficient (Wildman–Crippen LogP) is 2.67. The molecule has 4 nitrogen and oxygen atoms in total. The summed E-state index contributed by atoms with van der Waals surface area (Å²) in [7, 11) is -2.46. The maximum absolute atomic E-state index is 14.4. The molecule has 2 aromatic carbocycles. The number of benzene rings is 2. The molecule has 0 fully saturated rings. The number of likely N-dealkylation sites (N-methyl/N-ethyl adjacent to an activating group) is 1. The average Bonchev–Trinajstić information content (AvgIpc) is 2.69. The number of amides is 1. The molecule has 1 unspecified atom stereocenters. The maximum Gasteiger partial charge on any atom is 0.238 e. The third-order valence-electron chi connectivity index (χ3n) is 4.30. The molecule has 126 valence electrons. The summed E-state index contributed by atoms with van der Waals surface area (Å²) in [5.74, 6) is -2.92. The average molecular weight is 351 g/mol. The Bertz CT molecular complexity index is 928. The molecule has 7 heteroatoms. The van der Waals surface area contributed by atoms with Gasteiger partial charge < -0.3 is 4.90 Å². The minimum atomic E-state index is -3.84. The third-order valence-corrected chi connectivity index (χ3v) is 6.25. The van der Waals surface area contributed by atoms with Gasteiger partial charge in [0.25, 0.3) is 0 Å². The SMILES string of the molecule is CN1C(=O)C(C)(CS(=O)(=O)c2ccccc2)c2c(F)cc(F)cc21. The third kappa shape index (κ3) is 2.39. The van der Waals surface area contributed by atoms with Crippen LogP contribution in [0.2, 0.25) is 0 Å². The highest BCUT2D eigenvalue weighted by atomic mass is 32.2. The molecule has 0 N–H and O–H groups in total. The standard InChI is InChI=1S/C17H15F2NO3S/c1-17(10-24(22,23)12-6-4-3-5-7-12)15-13(19)8-11(18)9-14(15)20(2)16(17)21/h3-9H,10H2,1-2H3. The predicted molar refractivity (Wildman–Crippen MR) is 85.6 cm³/mol. The van der Waals surface area contributed by atoms with Gasteiger partial charge in [-0.15, -0.1) is 0 Å². The van der Waals surface area contributed by atoms with E-state index in [0.717, 1.165) is 11.0 Å². The molecule has 2 aromatic rings. The van der Waals surface area contributed by atoms with Crippen LogP contribution in [0.5, 0.6) is 0 Å². The van der Waals surface area contributed by atoms with Gasteiger partial charge in [-0.1, -0.05) is 18.2 Å². The van der Waals surface area contributed by atoms with Gasteiger partial charge in [0.15, 0.2) is 9.84 Å². The van der Waals surface area contributed by atoms with Crippen molar-refractivity contribution in [2.24, 2.45) is 0 Å². The summed E-state index contributed by atoms with van der Waals surface area (Å²) in [6.45, 7) is 1.37. The molecule has 3 rings (SSSR count). The summed E-state index contributed by atoms with van der Waals surface area (Å²) in [4.78, 5) is 13.8. The van der Waals surface area contributed by atoms with Gasteiger partial charge in [0.05, 0.1) is 21.8 Å².